The number of fused-ring (bicyclic) bond motifs is 15. The van der Waals surface area contributed by atoms with Crippen LogP contribution in [0, 0.1) is 10.8 Å². The lowest BCUT2D eigenvalue weighted by Crippen LogP contribution is -2.50. The summed E-state index contributed by atoms with van der Waals surface area (Å²) in [6.45, 7) is 14.9. The molecule has 0 heterocycles. The van der Waals surface area contributed by atoms with E-state index in [1.54, 1.807) is 0 Å². The predicted molar refractivity (Wildman–Crippen MR) is 290 cm³/mol. The van der Waals surface area contributed by atoms with Gasteiger partial charge in [-0.1, -0.05) is 236 Å². The molecule has 0 aromatic heterocycles. The van der Waals surface area contributed by atoms with Gasteiger partial charge in [0.05, 0.1) is 0 Å². The first-order chi connectivity index (χ1) is 32.6. The molecular weight excluding hydrogens is 805 g/mol. The molecule has 1 aliphatic rings. The van der Waals surface area contributed by atoms with Crippen molar-refractivity contribution in [2.24, 2.45) is 10.8 Å². The first-order valence-electron chi connectivity index (χ1n) is 24.0. The largest absolute Gasteiger partial charge is 0.0616 e. The Kier molecular flexibility index (Phi) is 8.45. The number of hydrogen-bond donors (Lipinski definition) is 0. The molecule has 12 aromatic carbocycles. The summed E-state index contributed by atoms with van der Waals surface area (Å²) < 4.78 is 0. The van der Waals surface area contributed by atoms with E-state index in [-0.39, 0.29) is 16.2 Å². The highest BCUT2D eigenvalue weighted by atomic mass is 14.6. The molecule has 0 radical (unpaired) electrons. The van der Waals surface area contributed by atoms with Crippen molar-refractivity contribution in [2.75, 3.05) is 0 Å². The standard InChI is InChI=1S/C67H52/c1-65(2,3)67(66(4,5)6)63-55-33-19-13-27-49(55)57(40-59(63)62-50-28-14-11-24-46(50)47-25-12-20-34-56(47)64(62)67)41-35-37-42(38-36-41)60-51-29-15-17-31-53(51)61(54-32-18-16-30-52(54)60)58-39-43-21-7-8-22-44(43)45-23-9-10-26-48(45)58/h7-40H,1-6H3. The van der Waals surface area contributed by atoms with Crippen LogP contribution in [0.5, 0.6) is 0 Å². The van der Waals surface area contributed by atoms with Gasteiger partial charge in [0.15, 0.2) is 0 Å². The fraction of sp³-hybridized carbons (Fsp3) is 0.134. The van der Waals surface area contributed by atoms with E-state index < -0.39 is 0 Å². The van der Waals surface area contributed by atoms with Gasteiger partial charge in [-0.2, -0.15) is 0 Å². The molecule has 0 saturated carbocycles. The molecule has 0 atom stereocenters. The van der Waals surface area contributed by atoms with Crippen LogP contribution in [-0.2, 0) is 5.41 Å². The highest BCUT2D eigenvalue weighted by molar-refractivity contribution is 6.26. The monoisotopic (exact) mass is 856 g/mol. The summed E-state index contributed by atoms with van der Waals surface area (Å²) in [4.78, 5) is 0. The Hall–Kier alpha value is -7.54. The summed E-state index contributed by atoms with van der Waals surface area (Å²) in [6.07, 6.45) is 0. The van der Waals surface area contributed by atoms with Crippen LogP contribution in [0.3, 0.4) is 0 Å². The third kappa shape index (κ3) is 5.42. The molecule has 0 N–H and O–H groups in total. The van der Waals surface area contributed by atoms with E-state index in [0.29, 0.717) is 0 Å². The minimum atomic E-state index is -0.302. The Morgan fingerprint density at radius 1 is 0.254 bits per heavy atom. The van der Waals surface area contributed by atoms with Crippen LogP contribution in [0.1, 0.15) is 52.7 Å². The lowest BCUT2D eigenvalue weighted by Gasteiger charge is -2.54. The Morgan fingerprint density at radius 2 is 0.612 bits per heavy atom. The zero-order chi connectivity index (χ0) is 45.4. The second-order valence-corrected chi connectivity index (χ2v) is 21.1. The molecule has 320 valence electrons. The Morgan fingerprint density at radius 3 is 1.13 bits per heavy atom. The smallest absolute Gasteiger partial charge is 0.0324 e. The fourth-order valence-corrected chi connectivity index (χ4v) is 13.6. The highest BCUT2D eigenvalue weighted by Gasteiger charge is 2.59. The number of hydrogen-bond acceptors (Lipinski definition) is 0. The minimum Gasteiger partial charge on any atom is -0.0616 e. The molecule has 13 rings (SSSR count). The maximum atomic E-state index is 2.57. The van der Waals surface area contributed by atoms with E-state index in [2.05, 4.69) is 248 Å². The van der Waals surface area contributed by atoms with Crippen molar-refractivity contribution in [1.82, 2.24) is 0 Å². The molecule has 0 spiro atoms. The van der Waals surface area contributed by atoms with Gasteiger partial charge in [0.25, 0.3) is 0 Å². The highest BCUT2D eigenvalue weighted by Crippen LogP contribution is 2.69. The zero-order valence-corrected chi connectivity index (χ0v) is 39.1. The summed E-state index contributed by atoms with van der Waals surface area (Å²) in [6, 6.07) is 77.9. The minimum absolute atomic E-state index is 0.120. The first kappa shape index (κ1) is 39.8. The van der Waals surface area contributed by atoms with Crippen molar-refractivity contribution >= 4 is 75.4 Å². The molecule has 0 aliphatic heterocycles. The lowest BCUT2D eigenvalue weighted by atomic mass is 9.49. The Balaban J connectivity index is 1.06. The van der Waals surface area contributed by atoms with Crippen LogP contribution in [-0.4, -0.2) is 0 Å². The quantitative estimate of drug-likeness (QED) is 0.123. The van der Waals surface area contributed by atoms with Gasteiger partial charge < -0.3 is 0 Å². The topological polar surface area (TPSA) is 0 Å². The summed E-state index contributed by atoms with van der Waals surface area (Å²) in [5.41, 5.74) is 12.7. The van der Waals surface area contributed by atoms with E-state index in [0.717, 1.165) is 0 Å². The molecule has 0 saturated heterocycles. The van der Waals surface area contributed by atoms with Gasteiger partial charge in [0.2, 0.25) is 0 Å². The molecule has 0 nitrogen and oxygen atoms in total. The molecule has 12 aromatic rings. The van der Waals surface area contributed by atoms with Gasteiger partial charge in [0.1, 0.15) is 0 Å². The SMILES string of the molecule is CC(C)(C)C1(C(C)(C)C)c2c(cc(-c3ccc(-c4c5ccccc5c(-c5cc6ccccc6c6ccccc56)c5ccccc45)cc3)c3ccccc23)-c2c1c1ccccc1c1ccccc21. The van der Waals surface area contributed by atoms with Crippen LogP contribution < -0.4 is 0 Å². The van der Waals surface area contributed by atoms with Crippen LogP contribution in [0.4, 0.5) is 0 Å². The van der Waals surface area contributed by atoms with Crippen molar-refractivity contribution in [3.63, 3.8) is 0 Å². The number of benzene rings is 12. The summed E-state index contributed by atoms with van der Waals surface area (Å²) >= 11 is 0. The predicted octanol–water partition coefficient (Wildman–Crippen LogP) is 19.1. The average molecular weight is 857 g/mol. The Bertz CT molecular complexity index is 3960. The van der Waals surface area contributed by atoms with Gasteiger partial charge >= 0.3 is 0 Å². The van der Waals surface area contributed by atoms with Crippen LogP contribution in [0.15, 0.2) is 206 Å². The fourth-order valence-electron chi connectivity index (χ4n) is 13.6. The van der Waals surface area contributed by atoms with Gasteiger partial charge in [0, 0.05) is 5.41 Å². The van der Waals surface area contributed by atoms with Crippen LogP contribution in [0.2, 0.25) is 0 Å². The maximum absolute atomic E-state index is 2.57. The van der Waals surface area contributed by atoms with E-state index in [9.17, 15) is 0 Å². The summed E-state index contributed by atoms with van der Waals surface area (Å²) in [7, 11) is 0. The van der Waals surface area contributed by atoms with E-state index in [1.165, 1.54) is 131 Å². The van der Waals surface area contributed by atoms with Gasteiger partial charge in [-0.25, -0.2) is 0 Å². The molecular formula is C67H52. The normalized spacial score (nSPS) is 13.6. The molecule has 0 heteroatoms. The van der Waals surface area contributed by atoms with Crippen molar-refractivity contribution < 1.29 is 0 Å². The van der Waals surface area contributed by atoms with Crippen LogP contribution >= 0.6 is 0 Å². The molecule has 67 heavy (non-hydrogen) atoms. The summed E-state index contributed by atoms with van der Waals surface area (Å²) in [5.74, 6) is 0. The van der Waals surface area contributed by atoms with Crippen molar-refractivity contribution in [1.29, 1.82) is 0 Å². The molecule has 1 aliphatic carbocycles. The maximum Gasteiger partial charge on any atom is 0.0324 e. The van der Waals surface area contributed by atoms with Crippen molar-refractivity contribution in [3.8, 4) is 44.5 Å². The van der Waals surface area contributed by atoms with Gasteiger partial charge in [-0.05, 0) is 154 Å². The van der Waals surface area contributed by atoms with E-state index >= 15 is 0 Å². The molecule has 0 unspecified atom stereocenters. The average Bonchev–Trinajstić information content (AvgIpc) is 3.69. The Labute approximate surface area is 393 Å². The van der Waals surface area contributed by atoms with Crippen molar-refractivity contribution in [3.05, 3.63) is 217 Å². The van der Waals surface area contributed by atoms with Crippen molar-refractivity contribution in [2.45, 2.75) is 47.0 Å². The second-order valence-electron chi connectivity index (χ2n) is 21.1. The lowest BCUT2D eigenvalue weighted by molar-refractivity contribution is 0.0977. The summed E-state index contributed by atoms with van der Waals surface area (Å²) in [5, 5.41) is 18.2. The van der Waals surface area contributed by atoms with E-state index in [4.69, 9.17) is 0 Å². The zero-order valence-electron chi connectivity index (χ0n) is 39.1. The first-order valence-corrected chi connectivity index (χ1v) is 24.0. The van der Waals surface area contributed by atoms with Crippen LogP contribution in [0.25, 0.3) is 120 Å². The van der Waals surface area contributed by atoms with Gasteiger partial charge in [-0.3, -0.25) is 0 Å². The van der Waals surface area contributed by atoms with E-state index in [1.807, 2.05) is 0 Å². The molecule has 0 amide bonds. The van der Waals surface area contributed by atoms with Gasteiger partial charge in [-0.15, -0.1) is 0 Å². The second kappa shape index (κ2) is 14.2. The molecule has 0 bridgehead atoms. The molecule has 0 fully saturated rings. The number of rotatable bonds is 3. The third-order valence-electron chi connectivity index (χ3n) is 15.7. The third-order valence-corrected chi connectivity index (χ3v) is 15.7.